The third-order valence-electron chi connectivity index (χ3n) is 3.93. The minimum Gasteiger partial charge on any atom is -0.355 e. The summed E-state index contributed by atoms with van der Waals surface area (Å²) in [6, 6.07) is 5.58. The lowest BCUT2D eigenvalue weighted by Gasteiger charge is -2.10. The van der Waals surface area contributed by atoms with Crippen LogP contribution in [0.5, 0.6) is 0 Å². The van der Waals surface area contributed by atoms with Crippen molar-refractivity contribution in [2.24, 2.45) is 0 Å². The summed E-state index contributed by atoms with van der Waals surface area (Å²) in [5.74, 6) is 0.781. The molecular formula is C18H19Cl2N5OS. The van der Waals surface area contributed by atoms with Crippen LogP contribution in [-0.2, 0) is 17.6 Å². The van der Waals surface area contributed by atoms with Gasteiger partial charge in [-0.25, -0.2) is 4.98 Å². The Kier molecular flexibility index (Phi) is 6.46. The molecule has 0 spiro atoms. The molecule has 2 aromatic heterocycles. The first-order chi connectivity index (χ1) is 12.9. The summed E-state index contributed by atoms with van der Waals surface area (Å²) in [4.78, 5) is 16.7. The van der Waals surface area contributed by atoms with E-state index in [-0.39, 0.29) is 12.3 Å². The quantitative estimate of drug-likeness (QED) is 0.617. The molecule has 0 aliphatic carbocycles. The Morgan fingerprint density at radius 2 is 2.15 bits per heavy atom. The van der Waals surface area contributed by atoms with Gasteiger partial charge in [-0.05, 0) is 32.0 Å². The van der Waals surface area contributed by atoms with Crippen LogP contribution < -0.4 is 5.32 Å². The summed E-state index contributed by atoms with van der Waals surface area (Å²) in [7, 11) is 0. The number of benzene rings is 1. The normalized spacial score (nSPS) is 11.1. The Balaban J connectivity index is 1.54. The van der Waals surface area contributed by atoms with Crippen molar-refractivity contribution < 1.29 is 4.79 Å². The van der Waals surface area contributed by atoms with Crippen LogP contribution in [0.2, 0.25) is 10.0 Å². The average Bonchev–Trinajstić information content (AvgIpc) is 3.24. The van der Waals surface area contributed by atoms with Crippen molar-refractivity contribution in [3.05, 3.63) is 51.5 Å². The highest BCUT2D eigenvalue weighted by molar-refractivity contribution is 7.13. The third-order valence-corrected chi connectivity index (χ3v) is 5.40. The fourth-order valence-electron chi connectivity index (χ4n) is 2.59. The minimum absolute atomic E-state index is 0.0790. The summed E-state index contributed by atoms with van der Waals surface area (Å²) in [5.41, 5.74) is 1.52. The van der Waals surface area contributed by atoms with Gasteiger partial charge in [0.1, 0.15) is 17.2 Å². The molecule has 1 amide bonds. The second-order valence-electron chi connectivity index (χ2n) is 6.29. The van der Waals surface area contributed by atoms with Crippen molar-refractivity contribution in [1.82, 2.24) is 25.1 Å². The summed E-state index contributed by atoms with van der Waals surface area (Å²) >= 11 is 13.6. The summed E-state index contributed by atoms with van der Waals surface area (Å²) in [5, 5.41) is 14.7. The van der Waals surface area contributed by atoms with Crippen molar-refractivity contribution >= 4 is 40.4 Å². The van der Waals surface area contributed by atoms with E-state index in [9.17, 15) is 4.79 Å². The zero-order chi connectivity index (χ0) is 19.4. The molecule has 6 nitrogen and oxygen atoms in total. The predicted molar refractivity (Wildman–Crippen MR) is 108 cm³/mol. The number of aromatic nitrogens is 4. The van der Waals surface area contributed by atoms with Crippen molar-refractivity contribution in [3.63, 3.8) is 0 Å². The van der Waals surface area contributed by atoms with Crippen molar-refractivity contribution in [1.29, 1.82) is 0 Å². The minimum atomic E-state index is -0.0790. The van der Waals surface area contributed by atoms with Gasteiger partial charge in [0.2, 0.25) is 5.91 Å². The summed E-state index contributed by atoms with van der Waals surface area (Å²) < 4.78 is 1.99. The van der Waals surface area contributed by atoms with Crippen molar-refractivity contribution in [3.8, 4) is 10.6 Å². The van der Waals surface area contributed by atoms with Crippen LogP contribution >= 0.6 is 34.5 Å². The van der Waals surface area contributed by atoms with Gasteiger partial charge in [-0.1, -0.05) is 23.2 Å². The first-order valence-electron chi connectivity index (χ1n) is 8.49. The molecule has 0 saturated heterocycles. The molecule has 0 saturated carbocycles. The van der Waals surface area contributed by atoms with Gasteiger partial charge >= 0.3 is 0 Å². The Bertz CT molecular complexity index is 937. The lowest BCUT2D eigenvalue weighted by molar-refractivity contribution is -0.120. The van der Waals surface area contributed by atoms with E-state index < -0.39 is 0 Å². The smallest absolute Gasteiger partial charge is 0.226 e. The van der Waals surface area contributed by atoms with Gasteiger partial charge in [0.15, 0.2) is 0 Å². The summed E-state index contributed by atoms with van der Waals surface area (Å²) in [6.07, 6.45) is 2.56. The predicted octanol–water partition coefficient (Wildman–Crippen LogP) is 4.19. The molecule has 2 heterocycles. The molecule has 0 aliphatic rings. The molecule has 9 heteroatoms. The average molecular weight is 424 g/mol. The zero-order valence-electron chi connectivity index (χ0n) is 14.9. The molecule has 0 fully saturated rings. The number of carbonyl (C=O) groups is 1. The fourth-order valence-corrected chi connectivity index (χ4v) is 4.01. The SMILES string of the molecule is CC(C)n1cnnc1CCNC(=O)Cc1csc(-c2ccc(Cl)cc2Cl)n1. The highest BCUT2D eigenvalue weighted by atomic mass is 35.5. The number of halogens is 2. The molecule has 0 aliphatic heterocycles. The maximum absolute atomic E-state index is 12.2. The van der Waals surface area contributed by atoms with E-state index in [1.165, 1.54) is 11.3 Å². The molecule has 1 N–H and O–H groups in total. The molecule has 1 aromatic carbocycles. The maximum Gasteiger partial charge on any atom is 0.226 e. The number of hydrogen-bond donors (Lipinski definition) is 1. The topological polar surface area (TPSA) is 72.7 Å². The van der Waals surface area contributed by atoms with Gasteiger partial charge in [0.25, 0.3) is 0 Å². The number of thiazole rings is 1. The van der Waals surface area contributed by atoms with Crippen LogP contribution in [0.25, 0.3) is 10.6 Å². The van der Waals surface area contributed by atoms with Crippen molar-refractivity contribution in [2.45, 2.75) is 32.7 Å². The molecular weight excluding hydrogens is 405 g/mol. The molecule has 0 bridgehead atoms. The van der Waals surface area contributed by atoms with E-state index in [1.54, 1.807) is 18.5 Å². The van der Waals surface area contributed by atoms with Gasteiger partial charge in [-0.2, -0.15) is 0 Å². The number of rotatable bonds is 7. The molecule has 0 radical (unpaired) electrons. The molecule has 0 atom stereocenters. The number of hydrogen-bond acceptors (Lipinski definition) is 5. The second-order valence-corrected chi connectivity index (χ2v) is 7.99. The van der Waals surface area contributed by atoms with E-state index in [0.717, 1.165) is 16.4 Å². The first kappa shape index (κ1) is 19.8. The molecule has 0 unspecified atom stereocenters. The Morgan fingerprint density at radius 1 is 1.33 bits per heavy atom. The third kappa shape index (κ3) is 5.06. The van der Waals surface area contributed by atoms with Crippen LogP contribution in [0.15, 0.2) is 29.9 Å². The van der Waals surface area contributed by atoms with Gasteiger partial charge in [-0.3, -0.25) is 4.79 Å². The number of nitrogens with one attached hydrogen (secondary N) is 1. The summed E-state index contributed by atoms with van der Waals surface area (Å²) in [6.45, 7) is 4.64. The molecule has 142 valence electrons. The van der Waals surface area contributed by atoms with E-state index in [1.807, 2.05) is 16.0 Å². The standard InChI is InChI=1S/C18H19Cl2N5OS/c1-11(2)25-10-22-24-16(25)5-6-21-17(26)8-13-9-27-18(23-13)14-4-3-12(19)7-15(14)20/h3-4,7,9-11H,5-6,8H2,1-2H3,(H,21,26). The van der Waals surface area contributed by atoms with Crippen LogP contribution in [0.4, 0.5) is 0 Å². The van der Waals surface area contributed by atoms with E-state index in [4.69, 9.17) is 23.2 Å². The Morgan fingerprint density at radius 3 is 2.89 bits per heavy atom. The highest BCUT2D eigenvalue weighted by Gasteiger charge is 2.12. The molecule has 3 aromatic rings. The number of amides is 1. The number of nitrogens with zero attached hydrogens (tertiary/aromatic N) is 4. The second kappa shape index (κ2) is 8.82. The lowest BCUT2D eigenvalue weighted by Crippen LogP contribution is -2.28. The van der Waals surface area contributed by atoms with Crippen LogP contribution in [0.1, 0.15) is 31.4 Å². The maximum atomic E-state index is 12.2. The zero-order valence-corrected chi connectivity index (χ0v) is 17.3. The lowest BCUT2D eigenvalue weighted by atomic mass is 10.2. The van der Waals surface area contributed by atoms with Crippen LogP contribution in [0, 0.1) is 0 Å². The van der Waals surface area contributed by atoms with Gasteiger partial charge in [0.05, 0.1) is 17.1 Å². The largest absolute Gasteiger partial charge is 0.355 e. The van der Waals surface area contributed by atoms with Gasteiger partial charge in [0, 0.05) is 35.0 Å². The monoisotopic (exact) mass is 423 g/mol. The van der Waals surface area contributed by atoms with Crippen molar-refractivity contribution in [2.75, 3.05) is 6.54 Å². The van der Waals surface area contributed by atoms with E-state index in [2.05, 4.69) is 34.3 Å². The van der Waals surface area contributed by atoms with Crippen LogP contribution in [-0.4, -0.2) is 32.2 Å². The Hall–Kier alpha value is -1.96. The Labute approximate surface area is 171 Å². The number of carbonyl (C=O) groups excluding carboxylic acids is 1. The highest BCUT2D eigenvalue weighted by Crippen LogP contribution is 2.32. The first-order valence-corrected chi connectivity index (χ1v) is 10.1. The van der Waals surface area contributed by atoms with Gasteiger partial charge < -0.3 is 9.88 Å². The van der Waals surface area contributed by atoms with Crippen LogP contribution in [0.3, 0.4) is 0 Å². The molecule has 3 rings (SSSR count). The molecule has 27 heavy (non-hydrogen) atoms. The van der Waals surface area contributed by atoms with E-state index >= 15 is 0 Å². The van der Waals surface area contributed by atoms with E-state index in [0.29, 0.717) is 34.7 Å². The fraction of sp³-hybridized carbons (Fsp3) is 0.333. The van der Waals surface area contributed by atoms with Gasteiger partial charge in [-0.15, -0.1) is 21.5 Å².